The summed E-state index contributed by atoms with van der Waals surface area (Å²) in [4.78, 5) is 29.3. The Balaban J connectivity index is 2.29. The molecule has 1 aromatic rings. The predicted molar refractivity (Wildman–Crippen MR) is 76.1 cm³/mol. The molecule has 0 aliphatic carbocycles. The van der Waals surface area contributed by atoms with E-state index < -0.39 is 5.60 Å². The zero-order valence-electron chi connectivity index (χ0n) is 12.4. The molecule has 0 aromatic carbocycles. The minimum absolute atomic E-state index is 0.0674. The smallest absolute Gasteiger partial charge is 0.414 e. The molecule has 1 aliphatic heterocycles. The van der Waals surface area contributed by atoms with Gasteiger partial charge in [-0.3, -0.25) is 14.7 Å². The van der Waals surface area contributed by atoms with E-state index in [1.165, 1.54) is 6.92 Å². The van der Waals surface area contributed by atoms with Crippen molar-refractivity contribution >= 4 is 17.6 Å². The quantitative estimate of drug-likeness (QED) is 0.740. The number of aromatic nitrogens is 1. The van der Waals surface area contributed by atoms with Gasteiger partial charge < -0.3 is 4.74 Å². The second-order valence-corrected chi connectivity index (χ2v) is 5.99. The number of ether oxygens (including phenoxy) is 1. The number of pyridine rings is 1. The van der Waals surface area contributed by atoms with Crippen LogP contribution in [0.3, 0.4) is 0 Å². The number of carbonyl (C=O) groups excluding carboxylic acids is 2. The van der Waals surface area contributed by atoms with Crippen molar-refractivity contribution in [3.8, 4) is 0 Å². The fourth-order valence-electron chi connectivity index (χ4n) is 2.18. The number of aryl methyl sites for hydroxylation is 1. The number of carbonyl (C=O) groups is 2. The second-order valence-electron chi connectivity index (χ2n) is 5.99. The van der Waals surface area contributed by atoms with Gasteiger partial charge in [-0.05, 0) is 45.2 Å². The van der Waals surface area contributed by atoms with Crippen molar-refractivity contribution in [2.45, 2.75) is 46.1 Å². The first-order chi connectivity index (χ1) is 9.28. The minimum atomic E-state index is -0.526. The minimum Gasteiger partial charge on any atom is -0.443 e. The van der Waals surface area contributed by atoms with E-state index in [1.807, 2.05) is 20.8 Å². The molecular formula is C15H20N2O3. The zero-order chi connectivity index (χ0) is 14.9. The maximum Gasteiger partial charge on any atom is 0.414 e. The van der Waals surface area contributed by atoms with E-state index in [1.54, 1.807) is 17.2 Å². The van der Waals surface area contributed by atoms with E-state index >= 15 is 0 Å². The average molecular weight is 276 g/mol. The van der Waals surface area contributed by atoms with Gasteiger partial charge in [0.05, 0.1) is 11.9 Å². The lowest BCUT2D eigenvalue weighted by Gasteiger charge is -2.31. The van der Waals surface area contributed by atoms with Crippen molar-refractivity contribution in [1.82, 2.24) is 4.98 Å². The molecule has 0 bridgehead atoms. The summed E-state index contributed by atoms with van der Waals surface area (Å²) >= 11 is 0. The van der Waals surface area contributed by atoms with Crippen molar-refractivity contribution in [3.05, 3.63) is 23.5 Å². The molecule has 0 radical (unpaired) electrons. The number of hydrogen-bond acceptors (Lipinski definition) is 4. The highest BCUT2D eigenvalue weighted by Crippen LogP contribution is 2.28. The summed E-state index contributed by atoms with van der Waals surface area (Å²) in [5.74, 6) is -0.0674. The Bertz CT molecular complexity index is 547. The maximum absolute atomic E-state index is 12.2. The first-order valence-corrected chi connectivity index (χ1v) is 6.78. The Kier molecular flexibility index (Phi) is 3.79. The zero-order valence-corrected chi connectivity index (χ0v) is 12.4. The summed E-state index contributed by atoms with van der Waals surface area (Å²) in [5.41, 5.74) is 1.63. The molecule has 0 saturated carbocycles. The fourth-order valence-corrected chi connectivity index (χ4v) is 2.18. The van der Waals surface area contributed by atoms with Crippen LogP contribution in [0.1, 0.15) is 50.2 Å². The van der Waals surface area contributed by atoms with E-state index in [9.17, 15) is 9.59 Å². The summed E-state index contributed by atoms with van der Waals surface area (Å²) in [5, 5.41) is 0. The topological polar surface area (TPSA) is 59.5 Å². The summed E-state index contributed by atoms with van der Waals surface area (Å²) < 4.78 is 5.40. The van der Waals surface area contributed by atoms with Crippen LogP contribution in [0.2, 0.25) is 0 Å². The number of nitrogens with zero attached hydrogens (tertiary/aromatic N) is 2. The maximum atomic E-state index is 12.2. The molecule has 1 aliphatic rings. The lowest BCUT2D eigenvalue weighted by atomic mass is 10.0. The SMILES string of the molecule is CC(=O)c1cc2c(cn1)N(C(=O)OC(C)(C)C)CCC2. The largest absolute Gasteiger partial charge is 0.443 e. The first-order valence-electron chi connectivity index (χ1n) is 6.78. The van der Waals surface area contributed by atoms with Gasteiger partial charge in [-0.1, -0.05) is 0 Å². The van der Waals surface area contributed by atoms with Crippen LogP contribution in [0.25, 0.3) is 0 Å². The van der Waals surface area contributed by atoms with Crippen LogP contribution in [0, 0.1) is 0 Å². The number of amides is 1. The molecule has 0 N–H and O–H groups in total. The molecule has 5 heteroatoms. The summed E-state index contributed by atoms with van der Waals surface area (Å²) in [6.07, 6.45) is 2.93. The number of anilines is 1. The lowest BCUT2D eigenvalue weighted by Crippen LogP contribution is -2.40. The van der Waals surface area contributed by atoms with Crippen LogP contribution in [-0.4, -0.2) is 29.0 Å². The second kappa shape index (κ2) is 5.23. The van der Waals surface area contributed by atoms with E-state index in [0.717, 1.165) is 24.1 Å². The van der Waals surface area contributed by atoms with Crippen molar-refractivity contribution in [3.63, 3.8) is 0 Å². The Labute approximate surface area is 118 Å². The molecular weight excluding hydrogens is 256 g/mol. The molecule has 1 aromatic heterocycles. The standard InChI is InChI=1S/C15H20N2O3/c1-10(18)12-8-11-6-5-7-17(13(11)9-16-12)14(19)20-15(2,3)4/h8-9H,5-7H2,1-4H3. The Morgan fingerprint density at radius 1 is 1.35 bits per heavy atom. The number of ketones is 1. The number of fused-ring (bicyclic) bond motifs is 1. The number of Topliss-reactive ketones (excluding diaryl/α,β-unsaturated/α-hetero) is 1. The number of hydrogen-bond donors (Lipinski definition) is 0. The van der Waals surface area contributed by atoms with Crippen LogP contribution < -0.4 is 4.90 Å². The highest BCUT2D eigenvalue weighted by molar-refractivity contribution is 5.94. The van der Waals surface area contributed by atoms with Gasteiger partial charge in [-0.15, -0.1) is 0 Å². The fraction of sp³-hybridized carbons (Fsp3) is 0.533. The van der Waals surface area contributed by atoms with Crippen LogP contribution in [0.15, 0.2) is 12.3 Å². The third kappa shape index (κ3) is 3.15. The average Bonchev–Trinajstić information content (AvgIpc) is 2.35. The molecule has 0 unspecified atom stereocenters. The van der Waals surface area contributed by atoms with Crippen LogP contribution in [0.4, 0.5) is 10.5 Å². The number of rotatable bonds is 1. The van der Waals surface area contributed by atoms with Gasteiger partial charge in [0.2, 0.25) is 0 Å². The highest BCUT2D eigenvalue weighted by Gasteiger charge is 2.27. The molecule has 2 rings (SSSR count). The molecule has 5 nitrogen and oxygen atoms in total. The normalized spacial score (nSPS) is 14.7. The Morgan fingerprint density at radius 3 is 2.65 bits per heavy atom. The Morgan fingerprint density at radius 2 is 2.05 bits per heavy atom. The predicted octanol–water partition coefficient (Wildman–Crippen LogP) is 2.97. The van der Waals surface area contributed by atoms with E-state index in [4.69, 9.17) is 4.74 Å². The molecule has 108 valence electrons. The van der Waals surface area contributed by atoms with Crippen LogP contribution in [0.5, 0.6) is 0 Å². The molecule has 1 amide bonds. The van der Waals surface area contributed by atoms with Gasteiger partial charge in [0.1, 0.15) is 11.3 Å². The van der Waals surface area contributed by atoms with Gasteiger partial charge in [0.15, 0.2) is 5.78 Å². The van der Waals surface area contributed by atoms with Crippen molar-refractivity contribution in [2.24, 2.45) is 0 Å². The summed E-state index contributed by atoms with van der Waals surface area (Å²) in [6, 6.07) is 1.77. The molecule has 2 heterocycles. The molecule has 0 atom stereocenters. The molecule has 20 heavy (non-hydrogen) atoms. The van der Waals surface area contributed by atoms with Gasteiger partial charge in [0.25, 0.3) is 0 Å². The third-order valence-electron chi connectivity index (χ3n) is 3.06. The van der Waals surface area contributed by atoms with Crippen molar-refractivity contribution in [2.75, 3.05) is 11.4 Å². The molecule has 0 saturated heterocycles. The van der Waals surface area contributed by atoms with E-state index in [0.29, 0.717) is 12.2 Å². The van der Waals surface area contributed by atoms with Crippen molar-refractivity contribution in [1.29, 1.82) is 0 Å². The molecule has 0 fully saturated rings. The van der Waals surface area contributed by atoms with E-state index in [-0.39, 0.29) is 11.9 Å². The summed E-state index contributed by atoms with van der Waals surface area (Å²) in [6.45, 7) is 7.62. The monoisotopic (exact) mass is 276 g/mol. The highest BCUT2D eigenvalue weighted by atomic mass is 16.6. The Hall–Kier alpha value is -1.91. The molecule has 0 spiro atoms. The van der Waals surface area contributed by atoms with Crippen LogP contribution in [-0.2, 0) is 11.2 Å². The van der Waals surface area contributed by atoms with Crippen LogP contribution >= 0.6 is 0 Å². The lowest BCUT2D eigenvalue weighted by molar-refractivity contribution is 0.0577. The van der Waals surface area contributed by atoms with Gasteiger partial charge >= 0.3 is 6.09 Å². The van der Waals surface area contributed by atoms with Crippen molar-refractivity contribution < 1.29 is 14.3 Å². The first kappa shape index (κ1) is 14.5. The van der Waals surface area contributed by atoms with E-state index in [2.05, 4.69) is 4.98 Å². The third-order valence-corrected chi connectivity index (χ3v) is 3.06. The van der Waals surface area contributed by atoms with Gasteiger partial charge in [-0.25, -0.2) is 4.79 Å². The summed E-state index contributed by atoms with van der Waals surface area (Å²) in [7, 11) is 0. The van der Waals surface area contributed by atoms with Gasteiger partial charge in [0, 0.05) is 13.5 Å². The van der Waals surface area contributed by atoms with Gasteiger partial charge in [-0.2, -0.15) is 0 Å².